The van der Waals surface area contributed by atoms with E-state index in [0.29, 0.717) is 0 Å². The lowest BCUT2D eigenvalue weighted by atomic mass is 9.78. The van der Waals surface area contributed by atoms with E-state index < -0.39 is 0 Å². The zero-order valence-electron chi connectivity index (χ0n) is 19.7. The van der Waals surface area contributed by atoms with Crippen LogP contribution in [0.3, 0.4) is 0 Å². The Morgan fingerprint density at radius 1 is 0.774 bits per heavy atom. The molecular weight excluding hydrogens is 372 g/mol. The minimum atomic E-state index is 0.941. The van der Waals surface area contributed by atoms with Gasteiger partial charge in [-0.05, 0) is 72.9 Å². The van der Waals surface area contributed by atoms with Gasteiger partial charge < -0.3 is 0 Å². The van der Waals surface area contributed by atoms with Gasteiger partial charge in [-0.3, -0.25) is 0 Å². The molecule has 1 aliphatic rings. The molecule has 1 fully saturated rings. The topological polar surface area (TPSA) is 0 Å². The summed E-state index contributed by atoms with van der Waals surface area (Å²) >= 11 is 0. The Hall–Kier alpha value is -2.26. The molecule has 0 bridgehead atoms. The van der Waals surface area contributed by atoms with Gasteiger partial charge in [-0.25, -0.2) is 0 Å². The summed E-state index contributed by atoms with van der Waals surface area (Å²) in [4.78, 5) is 0. The highest BCUT2D eigenvalue weighted by molar-refractivity contribution is 5.52. The van der Waals surface area contributed by atoms with Crippen LogP contribution < -0.4 is 0 Å². The van der Waals surface area contributed by atoms with E-state index in [9.17, 15) is 0 Å². The molecule has 0 unspecified atom stereocenters. The van der Waals surface area contributed by atoms with Crippen LogP contribution in [-0.4, -0.2) is 0 Å². The maximum absolute atomic E-state index is 3.32. The number of hydrogen-bond acceptors (Lipinski definition) is 0. The van der Waals surface area contributed by atoms with E-state index in [1.165, 1.54) is 81.8 Å². The van der Waals surface area contributed by atoms with Crippen molar-refractivity contribution >= 4 is 6.08 Å². The van der Waals surface area contributed by atoms with Crippen molar-refractivity contribution in [3.63, 3.8) is 0 Å². The van der Waals surface area contributed by atoms with Gasteiger partial charge in [0.25, 0.3) is 0 Å². The standard InChI is InChI=1S/C31H40/c1-3-5-6-7-8-9-27-14-16-29(17-15-27)20-21-31-24-22-30(23-25-31)19-18-28-12-10-26(4-2)11-13-28/h8-9,14-17,22-26,28H,3-7,10-13,18-19H2,1-2H3/b9-8+. The molecule has 0 radical (unpaired) electrons. The first kappa shape index (κ1) is 23.4. The summed E-state index contributed by atoms with van der Waals surface area (Å²) < 4.78 is 0. The molecule has 2 aromatic rings. The van der Waals surface area contributed by atoms with Crippen molar-refractivity contribution in [3.8, 4) is 11.8 Å². The smallest absolute Gasteiger partial charge is 0.0249 e. The number of allylic oxidation sites excluding steroid dienone is 1. The van der Waals surface area contributed by atoms with Gasteiger partial charge in [0.05, 0.1) is 0 Å². The van der Waals surface area contributed by atoms with Gasteiger partial charge >= 0.3 is 0 Å². The molecule has 0 amide bonds. The quantitative estimate of drug-likeness (QED) is 0.285. The van der Waals surface area contributed by atoms with Gasteiger partial charge in [-0.1, -0.05) is 107 Å². The highest BCUT2D eigenvalue weighted by atomic mass is 14.2. The Bertz CT molecular complexity index is 834. The minimum Gasteiger partial charge on any atom is -0.0839 e. The molecule has 2 aromatic carbocycles. The molecule has 31 heavy (non-hydrogen) atoms. The Morgan fingerprint density at radius 3 is 2.00 bits per heavy atom. The van der Waals surface area contributed by atoms with E-state index in [4.69, 9.17) is 0 Å². The first-order chi connectivity index (χ1) is 15.3. The number of benzene rings is 2. The highest BCUT2D eigenvalue weighted by Gasteiger charge is 2.19. The van der Waals surface area contributed by atoms with Gasteiger partial charge in [-0.15, -0.1) is 0 Å². The lowest BCUT2D eigenvalue weighted by Crippen LogP contribution is -2.14. The summed E-state index contributed by atoms with van der Waals surface area (Å²) in [6.07, 6.45) is 19.3. The molecule has 0 aliphatic heterocycles. The Kier molecular flexibility index (Phi) is 9.98. The average Bonchev–Trinajstić information content (AvgIpc) is 2.83. The second-order valence-electron chi connectivity index (χ2n) is 9.30. The molecule has 164 valence electrons. The van der Waals surface area contributed by atoms with E-state index in [1.807, 2.05) is 0 Å². The Morgan fingerprint density at radius 2 is 1.39 bits per heavy atom. The second kappa shape index (κ2) is 13.2. The largest absolute Gasteiger partial charge is 0.0839 e. The van der Waals surface area contributed by atoms with E-state index in [2.05, 4.69) is 86.4 Å². The van der Waals surface area contributed by atoms with Gasteiger partial charge in [0, 0.05) is 11.1 Å². The molecule has 3 rings (SSSR count). The fourth-order valence-electron chi connectivity index (χ4n) is 4.61. The number of aryl methyl sites for hydroxylation is 1. The van der Waals surface area contributed by atoms with Crippen LogP contribution in [0.15, 0.2) is 54.6 Å². The molecule has 0 N–H and O–H groups in total. The van der Waals surface area contributed by atoms with E-state index >= 15 is 0 Å². The van der Waals surface area contributed by atoms with Crippen LogP contribution in [0.4, 0.5) is 0 Å². The third kappa shape index (κ3) is 8.41. The van der Waals surface area contributed by atoms with Crippen molar-refractivity contribution in [2.24, 2.45) is 11.8 Å². The predicted octanol–water partition coefficient (Wildman–Crippen LogP) is 8.83. The normalized spacial score (nSPS) is 18.6. The van der Waals surface area contributed by atoms with Crippen LogP contribution >= 0.6 is 0 Å². The van der Waals surface area contributed by atoms with Gasteiger partial charge in [0.15, 0.2) is 0 Å². The zero-order chi connectivity index (χ0) is 21.7. The summed E-state index contributed by atoms with van der Waals surface area (Å²) in [5.41, 5.74) is 4.90. The summed E-state index contributed by atoms with van der Waals surface area (Å²) in [6.45, 7) is 4.59. The summed E-state index contributed by atoms with van der Waals surface area (Å²) in [5, 5.41) is 0. The third-order valence-corrected chi connectivity index (χ3v) is 6.89. The molecule has 1 saturated carbocycles. The zero-order valence-corrected chi connectivity index (χ0v) is 19.7. The predicted molar refractivity (Wildman–Crippen MR) is 136 cm³/mol. The van der Waals surface area contributed by atoms with Crippen molar-refractivity contribution in [1.29, 1.82) is 0 Å². The second-order valence-corrected chi connectivity index (χ2v) is 9.30. The minimum absolute atomic E-state index is 0.941. The molecule has 1 aliphatic carbocycles. The summed E-state index contributed by atoms with van der Waals surface area (Å²) in [6, 6.07) is 17.5. The van der Waals surface area contributed by atoms with Crippen LogP contribution in [0.1, 0.15) is 100 Å². The summed E-state index contributed by atoms with van der Waals surface area (Å²) in [7, 11) is 0. The fraction of sp³-hybridized carbons (Fsp3) is 0.484. The highest BCUT2D eigenvalue weighted by Crippen LogP contribution is 2.33. The van der Waals surface area contributed by atoms with Crippen molar-refractivity contribution in [1.82, 2.24) is 0 Å². The molecule has 0 saturated heterocycles. The van der Waals surface area contributed by atoms with Gasteiger partial charge in [0.1, 0.15) is 0 Å². The maximum atomic E-state index is 3.32. The summed E-state index contributed by atoms with van der Waals surface area (Å²) in [5.74, 6) is 8.57. The van der Waals surface area contributed by atoms with Crippen molar-refractivity contribution in [3.05, 3.63) is 76.9 Å². The van der Waals surface area contributed by atoms with Crippen molar-refractivity contribution < 1.29 is 0 Å². The Labute approximate surface area is 191 Å². The maximum Gasteiger partial charge on any atom is 0.0249 e. The van der Waals surface area contributed by atoms with E-state index in [-0.39, 0.29) is 0 Å². The lowest BCUT2D eigenvalue weighted by molar-refractivity contribution is 0.259. The molecule has 0 spiro atoms. The van der Waals surface area contributed by atoms with E-state index in [1.54, 1.807) is 0 Å². The van der Waals surface area contributed by atoms with Crippen LogP contribution in [-0.2, 0) is 6.42 Å². The van der Waals surface area contributed by atoms with Gasteiger partial charge in [0.2, 0.25) is 0 Å². The third-order valence-electron chi connectivity index (χ3n) is 6.89. The van der Waals surface area contributed by atoms with Crippen LogP contribution in [0.2, 0.25) is 0 Å². The molecule has 0 heteroatoms. The van der Waals surface area contributed by atoms with E-state index in [0.717, 1.165) is 23.0 Å². The number of hydrogen-bond donors (Lipinski definition) is 0. The molecular formula is C31H40. The van der Waals surface area contributed by atoms with Gasteiger partial charge in [-0.2, -0.15) is 0 Å². The molecule has 0 nitrogen and oxygen atoms in total. The molecule has 0 atom stereocenters. The average molecular weight is 413 g/mol. The SMILES string of the molecule is CCCCC/C=C/c1ccc(C#Cc2ccc(CCC3CCC(CC)CC3)cc2)cc1. The number of unbranched alkanes of at least 4 members (excludes halogenated alkanes) is 3. The van der Waals surface area contributed by atoms with Crippen molar-refractivity contribution in [2.45, 2.75) is 84.5 Å². The molecule has 0 aromatic heterocycles. The molecule has 0 heterocycles. The van der Waals surface area contributed by atoms with Crippen LogP contribution in [0.5, 0.6) is 0 Å². The first-order valence-electron chi connectivity index (χ1n) is 12.6. The number of rotatable bonds is 9. The van der Waals surface area contributed by atoms with Crippen molar-refractivity contribution in [2.75, 3.05) is 0 Å². The van der Waals surface area contributed by atoms with Crippen LogP contribution in [0, 0.1) is 23.7 Å². The Balaban J connectivity index is 1.45. The lowest BCUT2D eigenvalue weighted by Gasteiger charge is -2.27. The van der Waals surface area contributed by atoms with Crippen LogP contribution in [0.25, 0.3) is 6.08 Å². The monoisotopic (exact) mass is 412 g/mol. The fourth-order valence-corrected chi connectivity index (χ4v) is 4.61. The first-order valence-corrected chi connectivity index (χ1v) is 12.6.